The average Bonchev–Trinajstić information content (AvgIpc) is 2.77. The summed E-state index contributed by atoms with van der Waals surface area (Å²) in [6.45, 7) is 7.08. The van der Waals surface area contributed by atoms with Gasteiger partial charge in [-0.1, -0.05) is 20.3 Å². The van der Waals surface area contributed by atoms with E-state index in [0.29, 0.717) is 12.5 Å². The maximum Gasteiger partial charge on any atom is 0.150 e. The van der Waals surface area contributed by atoms with E-state index in [2.05, 4.69) is 30.5 Å². The van der Waals surface area contributed by atoms with E-state index in [0.717, 1.165) is 31.5 Å². The molecule has 1 aliphatic rings. The lowest BCUT2D eigenvalue weighted by molar-refractivity contribution is 0.328. The molecule has 1 fully saturated rings. The number of nitrogens with one attached hydrogen (secondary N) is 1. The Balaban J connectivity index is 2.09. The molecule has 0 aliphatic heterocycles. The fraction of sp³-hybridized carbons (Fsp3) is 0.800. The van der Waals surface area contributed by atoms with Crippen molar-refractivity contribution in [2.24, 2.45) is 0 Å². The summed E-state index contributed by atoms with van der Waals surface area (Å²) in [4.78, 5) is 0. The third-order valence-electron chi connectivity index (χ3n) is 4.30. The van der Waals surface area contributed by atoms with Crippen molar-refractivity contribution >= 4 is 9.84 Å². The van der Waals surface area contributed by atoms with E-state index in [-0.39, 0.29) is 11.3 Å². The molecular formula is C15H27N3O2S. The largest absolute Gasteiger partial charge is 0.310 e. The summed E-state index contributed by atoms with van der Waals surface area (Å²) >= 11 is 0. The van der Waals surface area contributed by atoms with Crippen molar-refractivity contribution in [3.63, 3.8) is 0 Å². The zero-order valence-corrected chi connectivity index (χ0v) is 14.3. The van der Waals surface area contributed by atoms with Gasteiger partial charge in [-0.25, -0.2) is 8.42 Å². The molecule has 5 nitrogen and oxygen atoms in total. The Morgan fingerprint density at radius 2 is 2.14 bits per heavy atom. The van der Waals surface area contributed by atoms with Crippen LogP contribution >= 0.6 is 0 Å². The van der Waals surface area contributed by atoms with Crippen LogP contribution in [0.4, 0.5) is 0 Å². The quantitative estimate of drug-likeness (QED) is 0.905. The van der Waals surface area contributed by atoms with Crippen molar-refractivity contribution in [3.8, 4) is 0 Å². The molecule has 1 saturated carbocycles. The Bertz CT molecular complexity index is 578. The topological polar surface area (TPSA) is 64.0 Å². The van der Waals surface area contributed by atoms with Gasteiger partial charge in [0, 0.05) is 30.6 Å². The number of sulfone groups is 1. The van der Waals surface area contributed by atoms with Crippen LogP contribution in [0, 0.1) is 6.92 Å². The molecule has 21 heavy (non-hydrogen) atoms. The summed E-state index contributed by atoms with van der Waals surface area (Å²) in [5, 5.41) is 7.80. The molecule has 0 radical (unpaired) electrons. The summed E-state index contributed by atoms with van der Waals surface area (Å²) in [5.41, 5.74) is 2.23. The van der Waals surface area contributed by atoms with E-state index in [1.54, 1.807) is 0 Å². The van der Waals surface area contributed by atoms with Crippen molar-refractivity contribution < 1.29 is 8.42 Å². The maximum atomic E-state index is 11.8. The second-order valence-corrected chi connectivity index (χ2v) is 8.85. The molecule has 1 aromatic rings. The highest BCUT2D eigenvalue weighted by molar-refractivity contribution is 7.91. The molecule has 0 spiro atoms. The van der Waals surface area contributed by atoms with Crippen LogP contribution in [0.1, 0.15) is 56.8 Å². The van der Waals surface area contributed by atoms with Crippen molar-refractivity contribution in [2.75, 3.05) is 6.26 Å². The van der Waals surface area contributed by atoms with Gasteiger partial charge in [-0.05, 0) is 26.2 Å². The second kappa shape index (κ2) is 6.48. The van der Waals surface area contributed by atoms with Gasteiger partial charge in [-0.2, -0.15) is 5.10 Å². The van der Waals surface area contributed by atoms with Crippen LogP contribution < -0.4 is 5.32 Å². The highest BCUT2D eigenvalue weighted by Gasteiger charge is 2.30. The van der Waals surface area contributed by atoms with Gasteiger partial charge < -0.3 is 5.32 Å². The van der Waals surface area contributed by atoms with E-state index in [9.17, 15) is 8.42 Å². The number of rotatable bonds is 5. The van der Waals surface area contributed by atoms with E-state index in [1.165, 1.54) is 11.8 Å². The Hall–Kier alpha value is -0.880. The Kier molecular flexibility index (Phi) is 5.09. The molecule has 2 rings (SSSR count). The molecule has 2 unspecified atom stereocenters. The molecule has 1 aliphatic carbocycles. The highest BCUT2D eigenvalue weighted by Crippen LogP contribution is 2.32. The minimum absolute atomic E-state index is 0.210. The van der Waals surface area contributed by atoms with Gasteiger partial charge in [0.25, 0.3) is 0 Å². The molecule has 0 amide bonds. The molecule has 0 bridgehead atoms. The highest BCUT2D eigenvalue weighted by atomic mass is 32.2. The lowest BCUT2D eigenvalue weighted by Gasteiger charge is -2.28. The Morgan fingerprint density at radius 1 is 1.43 bits per heavy atom. The number of hydrogen-bond acceptors (Lipinski definition) is 4. The molecule has 120 valence electrons. The zero-order chi connectivity index (χ0) is 15.6. The zero-order valence-electron chi connectivity index (χ0n) is 13.5. The van der Waals surface area contributed by atoms with Crippen LogP contribution in [0.5, 0.6) is 0 Å². The van der Waals surface area contributed by atoms with Crippen LogP contribution in [0.15, 0.2) is 6.20 Å². The summed E-state index contributed by atoms with van der Waals surface area (Å²) in [7, 11) is -2.95. The molecule has 1 aromatic heterocycles. The van der Waals surface area contributed by atoms with Gasteiger partial charge in [0.05, 0.1) is 17.0 Å². The average molecular weight is 313 g/mol. The van der Waals surface area contributed by atoms with E-state index in [4.69, 9.17) is 0 Å². The summed E-state index contributed by atoms with van der Waals surface area (Å²) < 4.78 is 25.5. The van der Waals surface area contributed by atoms with Gasteiger partial charge in [-0.3, -0.25) is 4.68 Å². The first-order valence-corrected chi connectivity index (χ1v) is 9.69. The SMILES string of the molecule is Cc1nn(C2CCCC(S(C)(=O)=O)C2)cc1CNC(C)C. The predicted molar refractivity (Wildman–Crippen MR) is 85.1 cm³/mol. The minimum atomic E-state index is -2.95. The van der Waals surface area contributed by atoms with Gasteiger partial charge in [0.1, 0.15) is 9.84 Å². The third-order valence-corrected chi connectivity index (χ3v) is 5.94. The smallest absolute Gasteiger partial charge is 0.150 e. The lowest BCUT2D eigenvalue weighted by Crippen LogP contribution is -2.29. The summed E-state index contributed by atoms with van der Waals surface area (Å²) in [5.74, 6) is 0. The van der Waals surface area contributed by atoms with Gasteiger partial charge in [0.15, 0.2) is 0 Å². The molecular weight excluding hydrogens is 286 g/mol. The van der Waals surface area contributed by atoms with Crippen LogP contribution in [0.25, 0.3) is 0 Å². The maximum absolute atomic E-state index is 11.8. The van der Waals surface area contributed by atoms with Crippen LogP contribution in [-0.2, 0) is 16.4 Å². The number of nitrogens with zero attached hydrogens (tertiary/aromatic N) is 2. The van der Waals surface area contributed by atoms with Gasteiger partial charge in [-0.15, -0.1) is 0 Å². The monoisotopic (exact) mass is 313 g/mol. The van der Waals surface area contributed by atoms with E-state index < -0.39 is 9.84 Å². The third kappa shape index (κ3) is 4.30. The standard InChI is InChI=1S/C15H27N3O2S/c1-11(2)16-9-13-10-18(17-12(13)3)14-6-5-7-15(8-14)21(4,19)20/h10-11,14-16H,5-9H2,1-4H3. The molecule has 1 N–H and O–H groups in total. The van der Waals surface area contributed by atoms with Crippen molar-refractivity contribution in [1.29, 1.82) is 0 Å². The Labute approximate surface area is 128 Å². The first kappa shape index (κ1) is 16.5. The van der Waals surface area contributed by atoms with Crippen molar-refractivity contribution in [3.05, 3.63) is 17.5 Å². The predicted octanol–water partition coefficient (Wildman–Crippen LogP) is 2.22. The van der Waals surface area contributed by atoms with Crippen molar-refractivity contribution in [2.45, 2.75) is 70.3 Å². The second-order valence-electron chi connectivity index (χ2n) is 6.53. The molecule has 2 atom stereocenters. The number of aromatic nitrogens is 2. The molecule has 0 aromatic carbocycles. The number of hydrogen-bond donors (Lipinski definition) is 1. The first-order chi connectivity index (χ1) is 9.77. The van der Waals surface area contributed by atoms with Crippen LogP contribution in [0.3, 0.4) is 0 Å². The minimum Gasteiger partial charge on any atom is -0.310 e. The summed E-state index contributed by atoms with van der Waals surface area (Å²) in [6, 6.07) is 0.655. The molecule has 6 heteroatoms. The molecule has 0 saturated heterocycles. The van der Waals surface area contributed by atoms with Crippen LogP contribution in [-0.4, -0.2) is 35.7 Å². The number of aryl methyl sites for hydroxylation is 1. The summed E-state index contributed by atoms with van der Waals surface area (Å²) in [6.07, 6.45) is 6.89. The van der Waals surface area contributed by atoms with E-state index in [1.807, 2.05) is 11.6 Å². The Morgan fingerprint density at radius 3 is 2.76 bits per heavy atom. The van der Waals surface area contributed by atoms with Crippen molar-refractivity contribution in [1.82, 2.24) is 15.1 Å². The normalized spacial score (nSPS) is 23.7. The van der Waals surface area contributed by atoms with Gasteiger partial charge >= 0.3 is 0 Å². The molecule has 1 heterocycles. The van der Waals surface area contributed by atoms with Crippen LogP contribution in [0.2, 0.25) is 0 Å². The fourth-order valence-corrected chi connectivity index (χ4v) is 4.11. The fourth-order valence-electron chi connectivity index (χ4n) is 2.94. The van der Waals surface area contributed by atoms with Gasteiger partial charge in [0.2, 0.25) is 0 Å². The van der Waals surface area contributed by atoms with E-state index >= 15 is 0 Å². The first-order valence-electron chi connectivity index (χ1n) is 7.74. The lowest BCUT2D eigenvalue weighted by atomic mass is 9.95.